The zero-order valence-corrected chi connectivity index (χ0v) is 13.9. The number of aromatic nitrogens is 1. The minimum Gasteiger partial charge on any atom is -0.355 e. The highest BCUT2D eigenvalue weighted by atomic mass is 32.1. The van der Waals surface area contributed by atoms with E-state index in [0.717, 1.165) is 18.5 Å². The van der Waals surface area contributed by atoms with Crippen LogP contribution in [0.1, 0.15) is 48.9 Å². The number of thiazole rings is 1. The normalized spacial score (nSPS) is 20.1. The van der Waals surface area contributed by atoms with Crippen molar-refractivity contribution in [3.63, 3.8) is 0 Å². The summed E-state index contributed by atoms with van der Waals surface area (Å²) in [6.45, 7) is 5.08. The summed E-state index contributed by atoms with van der Waals surface area (Å²) >= 11 is 1.59. The lowest BCUT2D eigenvalue weighted by molar-refractivity contribution is -0.122. The number of benzene rings is 1. The molecule has 0 aliphatic heterocycles. The van der Waals surface area contributed by atoms with E-state index in [4.69, 9.17) is 0 Å². The Morgan fingerprint density at radius 2 is 2.14 bits per heavy atom. The molecule has 3 rings (SSSR count). The molecule has 1 N–H and O–H groups in total. The van der Waals surface area contributed by atoms with Gasteiger partial charge in [0, 0.05) is 24.3 Å². The summed E-state index contributed by atoms with van der Waals surface area (Å²) in [6.07, 6.45) is 1.79. The highest BCUT2D eigenvalue weighted by molar-refractivity contribution is 7.07. The number of carbonyl (C=O) groups is 1. The molecule has 1 aliphatic carbocycles. The molecular formula is C18H22N2OS. The Hall–Kier alpha value is -1.68. The molecule has 1 aliphatic rings. The van der Waals surface area contributed by atoms with Gasteiger partial charge in [-0.15, -0.1) is 11.3 Å². The maximum Gasteiger partial charge on any atom is 0.223 e. The fraction of sp³-hybridized carbons (Fsp3) is 0.444. The van der Waals surface area contributed by atoms with Crippen LogP contribution < -0.4 is 5.32 Å². The van der Waals surface area contributed by atoms with Gasteiger partial charge in [0.2, 0.25) is 5.91 Å². The van der Waals surface area contributed by atoms with Crippen molar-refractivity contribution in [3.8, 4) is 0 Å². The first kappa shape index (κ1) is 15.2. The van der Waals surface area contributed by atoms with Crippen LogP contribution in [0.25, 0.3) is 0 Å². The minimum absolute atomic E-state index is 0.153. The lowest BCUT2D eigenvalue weighted by Gasteiger charge is -2.07. The van der Waals surface area contributed by atoms with E-state index in [1.165, 1.54) is 11.1 Å². The molecule has 1 saturated carbocycles. The Morgan fingerprint density at radius 3 is 2.77 bits per heavy atom. The molecule has 1 amide bonds. The molecule has 22 heavy (non-hydrogen) atoms. The summed E-state index contributed by atoms with van der Waals surface area (Å²) in [5, 5.41) is 5.07. The predicted molar refractivity (Wildman–Crippen MR) is 90.2 cm³/mol. The van der Waals surface area contributed by atoms with Gasteiger partial charge in [0.25, 0.3) is 0 Å². The smallest absolute Gasteiger partial charge is 0.223 e. The van der Waals surface area contributed by atoms with E-state index in [2.05, 4.69) is 48.4 Å². The van der Waals surface area contributed by atoms with Gasteiger partial charge >= 0.3 is 0 Å². The number of carbonyl (C=O) groups excluding carboxylic acids is 1. The van der Waals surface area contributed by atoms with Crippen LogP contribution in [0.4, 0.5) is 0 Å². The molecule has 1 aromatic carbocycles. The molecule has 1 heterocycles. The van der Waals surface area contributed by atoms with Crippen LogP contribution in [-0.2, 0) is 11.2 Å². The number of nitrogens with zero attached hydrogens (tertiary/aromatic N) is 1. The van der Waals surface area contributed by atoms with Crippen LogP contribution in [0, 0.1) is 5.92 Å². The fourth-order valence-electron chi connectivity index (χ4n) is 2.79. The monoisotopic (exact) mass is 314 g/mol. The number of amides is 1. The first-order valence-electron chi connectivity index (χ1n) is 7.90. The standard InChI is InChI=1S/C18H22N2OS/c1-12(2)13-3-5-14(6-4-13)16-9-17(16)18(21)19-8-7-15-10-22-11-20-15/h3-6,10-12,16-17H,7-9H2,1-2H3,(H,19,21)/t16-,17+/m0/s1. The van der Waals surface area contributed by atoms with E-state index >= 15 is 0 Å². The lowest BCUT2D eigenvalue weighted by atomic mass is 10.00. The Kier molecular flexibility index (Phi) is 4.57. The second-order valence-electron chi connectivity index (χ2n) is 6.29. The van der Waals surface area contributed by atoms with E-state index in [1.807, 2.05) is 10.9 Å². The van der Waals surface area contributed by atoms with Gasteiger partial charge < -0.3 is 5.32 Å². The average molecular weight is 314 g/mol. The topological polar surface area (TPSA) is 42.0 Å². The number of hydrogen-bond donors (Lipinski definition) is 1. The van der Waals surface area contributed by atoms with E-state index in [-0.39, 0.29) is 11.8 Å². The van der Waals surface area contributed by atoms with E-state index in [0.29, 0.717) is 18.4 Å². The van der Waals surface area contributed by atoms with Gasteiger partial charge in [0.1, 0.15) is 0 Å². The Bertz CT molecular complexity index is 619. The van der Waals surface area contributed by atoms with Gasteiger partial charge in [-0.1, -0.05) is 38.1 Å². The molecule has 0 bridgehead atoms. The zero-order chi connectivity index (χ0) is 15.5. The van der Waals surface area contributed by atoms with Crippen molar-refractivity contribution in [3.05, 3.63) is 52.0 Å². The fourth-order valence-corrected chi connectivity index (χ4v) is 3.38. The lowest BCUT2D eigenvalue weighted by Crippen LogP contribution is -2.27. The Labute approximate surface area is 135 Å². The molecule has 116 valence electrons. The van der Waals surface area contributed by atoms with Crippen molar-refractivity contribution >= 4 is 17.2 Å². The number of hydrogen-bond acceptors (Lipinski definition) is 3. The van der Waals surface area contributed by atoms with Crippen molar-refractivity contribution in [1.82, 2.24) is 10.3 Å². The SMILES string of the molecule is CC(C)c1ccc([C@@H]2C[C@H]2C(=O)NCCc2cscn2)cc1. The molecule has 2 atom stereocenters. The summed E-state index contributed by atoms with van der Waals surface area (Å²) in [6, 6.07) is 8.75. The van der Waals surface area contributed by atoms with Gasteiger partial charge in [0.05, 0.1) is 11.2 Å². The average Bonchev–Trinajstić information content (AvgIpc) is 3.16. The molecule has 2 aromatic rings. The second-order valence-corrected chi connectivity index (χ2v) is 7.01. The summed E-state index contributed by atoms with van der Waals surface area (Å²) in [7, 11) is 0. The first-order chi connectivity index (χ1) is 10.6. The molecule has 1 fully saturated rings. The largest absolute Gasteiger partial charge is 0.355 e. The van der Waals surface area contributed by atoms with Gasteiger partial charge in [0.15, 0.2) is 0 Å². The molecule has 0 saturated heterocycles. The number of rotatable bonds is 6. The molecule has 0 unspecified atom stereocenters. The minimum atomic E-state index is 0.153. The molecule has 3 nitrogen and oxygen atoms in total. The first-order valence-corrected chi connectivity index (χ1v) is 8.84. The predicted octanol–water partition coefficient (Wildman–Crippen LogP) is 3.73. The van der Waals surface area contributed by atoms with Crippen molar-refractivity contribution in [2.75, 3.05) is 6.54 Å². The summed E-state index contributed by atoms with van der Waals surface area (Å²) in [5.41, 5.74) is 5.54. The number of nitrogens with one attached hydrogen (secondary N) is 1. The van der Waals surface area contributed by atoms with E-state index in [1.54, 1.807) is 11.3 Å². The molecular weight excluding hydrogens is 292 g/mol. The molecule has 0 spiro atoms. The second kappa shape index (κ2) is 6.61. The van der Waals surface area contributed by atoms with Gasteiger partial charge in [-0.05, 0) is 29.4 Å². The van der Waals surface area contributed by atoms with Crippen LogP contribution in [-0.4, -0.2) is 17.4 Å². The van der Waals surface area contributed by atoms with Crippen LogP contribution in [0.15, 0.2) is 35.2 Å². The van der Waals surface area contributed by atoms with Crippen LogP contribution >= 0.6 is 11.3 Å². The third kappa shape index (κ3) is 3.55. The zero-order valence-electron chi connectivity index (χ0n) is 13.1. The van der Waals surface area contributed by atoms with Gasteiger partial charge in [-0.3, -0.25) is 4.79 Å². The van der Waals surface area contributed by atoms with Crippen molar-refractivity contribution in [2.24, 2.45) is 5.92 Å². The van der Waals surface area contributed by atoms with Crippen LogP contribution in [0.2, 0.25) is 0 Å². The Balaban J connectivity index is 1.47. The maximum atomic E-state index is 12.2. The maximum absolute atomic E-state index is 12.2. The summed E-state index contributed by atoms with van der Waals surface area (Å²) < 4.78 is 0. The Morgan fingerprint density at radius 1 is 1.36 bits per heavy atom. The van der Waals surface area contributed by atoms with Crippen molar-refractivity contribution < 1.29 is 4.79 Å². The molecule has 4 heteroatoms. The van der Waals surface area contributed by atoms with Crippen LogP contribution in [0.3, 0.4) is 0 Å². The highest BCUT2D eigenvalue weighted by Crippen LogP contribution is 2.47. The van der Waals surface area contributed by atoms with Gasteiger partial charge in [-0.2, -0.15) is 0 Å². The summed E-state index contributed by atoms with van der Waals surface area (Å²) in [5.74, 6) is 1.30. The molecule has 0 radical (unpaired) electrons. The quantitative estimate of drug-likeness (QED) is 0.883. The van der Waals surface area contributed by atoms with Gasteiger partial charge in [-0.25, -0.2) is 4.98 Å². The highest BCUT2D eigenvalue weighted by Gasteiger charge is 2.43. The summed E-state index contributed by atoms with van der Waals surface area (Å²) in [4.78, 5) is 16.4. The third-order valence-corrected chi connectivity index (χ3v) is 4.96. The van der Waals surface area contributed by atoms with E-state index < -0.39 is 0 Å². The molecule has 1 aromatic heterocycles. The van der Waals surface area contributed by atoms with Crippen LogP contribution in [0.5, 0.6) is 0 Å². The van der Waals surface area contributed by atoms with E-state index in [9.17, 15) is 4.79 Å². The van der Waals surface area contributed by atoms with Crippen molar-refractivity contribution in [2.45, 2.75) is 38.5 Å². The van der Waals surface area contributed by atoms with Crippen molar-refractivity contribution in [1.29, 1.82) is 0 Å². The third-order valence-electron chi connectivity index (χ3n) is 4.32.